The van der Waals surface area contributed by atoms with Gasteiger partial charge in [0.2, 0.25) is 5.69 Å². The van der Waals surface area contributed by atoms with Crippen LogP contribution in [-0.4, -0.2) is 0 Å². The van der Waals surface area contributed by atoms with E-state index in [0.29, 0.717) is 5.56 Å². The summed E-state index contributed by atoms with van der Waals surface area (Å²) in [4.78, 5) is 0. The van der Waals surface area contributed by atoms with Gasteiger partial charge in [-0.1, -0.05) is 91.0 Å². The second-order valence-corrected chi connectivity index (χ2v) is 8.53. The molecule has 0 spiro atoms. The molecular weight excluding hydrogens is 410 g/mol. The fraction of sp³-hybridized carbons (Fsp3) is 0.121. The number of nitrogens with zero attached hydrogens (tertiary/aromatic N) is 1. The number of aromatic nitrogens is 1. The van der Waals surface area contributed by atoms with Gasteiger partial charge in [-0.3, -0.25) is 0 Å². The van der Waals surface area contributed by atoms with Crippen LogP contribution in [-0.2, 0) is 7.05 Å². The summed E-state index contributed by atoms with van der Waals surface area (Å²) >= 11 is 0. The van der Waals surface area contributed by atoms with Crippen molar-refractivity contribution in [2.45, 2.75) is 20.6 Å². The highest BCUT2D eigenvalue weighted by molar-refractivity contribution is 5.78. The van der Waals surface area contributed by atoms with Crippen molar-refractivity contribution in [2.75, 3.05) is 0 Å². The lowest BCUT2D eigenvalue weighted by Crippen LogP contribution is -2.31. The van der Waals surface area contributed by atoms with Crippen LogP contribution in [0.1, 0.15) is 26.3 Å². The molecule has 0 aliphatic rings. The summed E-state index contributed by atoms with van der Waals surface area (Å²) < 4.78 is 60.7. The van der Waals surface area contributed by atoms with E-state index < -0.39 is 13.7 Å². The Labute approximate surface area is 212 Å². The molecule has 0 saturated heterocycles. The fourth-order valence-electron chi connectivity index (χ4n) is 4.36. The third-order valence-corrected chi connectivity index (χ3v) is 6.23. The zero-order valence-electron chi connectivity index (χ0n) is 26.3. The molecule has 1 nitrogen and oxygen atoms in total. The van der Waals surface area contributed by atoms with Gasteiger partial charge in [0.1, 0.15) is 7.05 Å². The Balaban J connectivity index is 1.72. The minimum Gasteiger partial charge on any atom is -0.201 e. The van der Waals surface area contributed by atoms with Gasteiger partial charge in [0.25, 0.3) is 0 Å². The predicted octanol–water partition coefficient (Wildman–Crippen LogP) is 8.10. The molecule has 0 fully saturated rings. The molecule has 5 aromatic rings. The molecule has 0 atom stereocenters. The molecule has 1 aromatic heterocycles. The second-order valence-electron chi connectivity index (χ2n) is 8.53. The molecule has 0 aliphatic carbocycles. The first-order valence-corrected chi connectivity index (χ1v) is 11.3. The molecule has 0 saturated carbocycles. The largest absolute Gasteiger partial charge is 0.213 e. The molecule has 166 valence electrons. The van der Waals surface area contributed by atoms with Crippen molar-refractivity contribution in [3.8, 4) is 44.6 Å². The minimum absolute atomic E-state index is 0.00343. The van der Waals surface area contributed by atoms with Gasteiger partial charge < -0.3 is 0 Å². The Morgan fingerprint density at radius 2 is 1.24 bits per heavy atom. The average molecular weight is 448 g/mol. The third-order valence-electron chi connectivity index (χ3n) is 6.23. The van der Waals surface area contributed by atoms with Crippen LogP contribution in [0.3, 0.4) is 0 Å². The molecule has 0 N–H and O–H groups in total. The Hall–Kier alpha value is -3.97. The van der Waals surface area contributed by atoms with Crippen molar-refractivity contribution in [1.82, 2.24) is 0 Å². The zero-order chi connectivity index (χ0) is 29.5. The molecule has 4 aromatic carbocycles. The molecule has 34 heavy (non-hydrogen) atoms. The maximum atomic E-state index is 9.03. The van der Waals surface area contributed by atoms with E-state index in [1.165, 1.54) is 6.20 Å². The van der Waals surface area contributed by atoms with Gasteiger partial charge >= 0.3 is 0 Å². The minimum atomic E-state index is -2.59. The second kappa shape index (κ2) is 9.11. The third kappa shape index (κ3) is 4.18. The van der Waals surface area contributed by atoms with E-state index in [9.17, 15) is 0 Å². The summed E-state index contributed by atoms with van der Waals surface area (Å²) in [5.74, 6) is 0. The van der Waals surface area contributed by atoms with E-state index in [4.69, 9.17) is 9.60 Å². The highest BCUT2D eigenvalue weighted by atomic mass is 14.9. The normalized spacial score (nSPS) is 14.7. The van der Waals surface area contributed by atoms with Crippen LogP contribution < -0.4 is 4.57 Å². The van der Waals surface area contributed by atoms with Crippen LogP contribution in [0.5, 0.6) is 0 Å². The maximum absolute atomic E-state index is 9.03. The molecular formula is C33H30N+. The van der Waals surface area contributed by atoms with Crippen molar-refractivity contribution < 1.29 is 14.2 Å². The smallest absolute Gasteiger partial charge is 0.201 e. The van der Waals surface area contributed by atoms with Gasteiger partial charge in [0.15, 0.2) is 6.20 Å². The van der Waals surface area contributed by atoms with Crippen molar-refractivity contribution in [1.29, 1.82) is 0 Å². The quantitative estimate of drug-likeness (QED) is 0.245. The van der Waals surface area contributed by atoms with E-state index >= 15 is 0 Å². The predicted molar refractivity (Wildman–Crippen MR) is 144 cm³/mol. The van der Waals surface area contributed by atoms with Crippen LogP contribution in [0.15, 0.2) is 109 Å². The molecule has 1 heterocycles. The van der Waals surface area contributed by atoms with Gasteiger partial charge in [-0.05, 0) is 71.2 Å². The van der Waals surface area contributed by atoms with Gasteiger partial charge in [0, 0.05) is 25.4 Å². The van der Waals surface area contributed by atoms with E-state index in [-0.39, 0.29) is 28.3 Å². The SMILES string of the molecule is [2H]c1cc(-c2ccc(-c3ccccc3)cc2)cc(C([2H])([2H])[2H])c1-c1cc(-c2ccccc2C)[n+](C)cc1C([2H])([2H])[2H]. The Morgan fingerprint density at radius 3 is 1.94 bits per heavy atom. The van der Waals surface area contributed by atoms with Crippen molar-refractivity contribution in [3.05, 3.63) is 126 Å². The lowest BCUT2D eigenvalue weighted by atomic mass is 9.92. The van der Waals surface area contributed by atoms with Gasteiger partial charge in [-0.25, -0.2) is 4.57 Å². The van der Waals surface area contributed by atoms with Gasteiger partial charge in [-0.15, -0.1) is 0 Å². The van der Waals surface area contributed by atoms with Crippen LogP contribution in [0.4, 0.5) is 0 Å². The number of hydrogen-bond donors (Lipinski definition) is 0. The Morgan fingerprint density at radius 1 is 0.588 bits per heavy atom. The number of hydrogen-bond acceptors (Lipinski definition) is 0. The Kier molecular flexibility index (Phi) is 4.03. The molecule has 0 radical (unpaired) electrons. The maximum Gasteiger partial charge on any atom is 0.213 e. The summed E-state index contributed by atoms with van der Waals surface area (Å²) in [5.41, 5.74) is 6.33. The number of benzene rings is 4. The van der Waals surface area contributed by atoms with Crippen molar-refractivity contribution in [2.24, 2.45) is 7.05 Å². The van der Waals surface area contributed by atoms with Gasteiger partial charge in [0.05, 0.1) is 1.37 Å². The van der Waals surface area contributed by atoms with Crippen LogP contribution in [0.2, 0.25) is 0 Å². The van der Waals surface area contributed by atoms with E-state index in [1.54, 1.807) is 29.8 Å². The van der Waals surface area contributed by atoms with Crippen LogP contribution in [0.25, 0.3) is 44.6 Å². The van der Waals surface area contributed by atoms with E-state index in [0.717, 1.165) is 33.5 Å². The van der Waals surface area contributed by atoms with Crippen molar-refractivity contribution >= 4 is 0 Å². The van der Waals surface area contributed by atoms with E-state index in [2.05, 4.69) is 0 Å². The Bertz CT molecular complexity index is 1720. The standard InChI is InChI=1S/C33H30N/c1-23-10-8-9-13-31(23)33-21-32(25(3)22-34(33)4)30-19-18-29(20-24(30)2)28-16-14-27(15-17-28)26-11-6-5-7-12-26/h5-22H,1-4H3/q+1/i2D3,3D3,19D. The molecule has 0 amide bonds. The summed E-state index contributed by atoms with van der Waals surface area (Å²) in [6, 6.07) is 30.3. The summed E-state index contributed by atoms with van der Waals surface area (Å²) in [7, 11) is 1.77. The number of rotatable bonds is 4. The first kappa shape index (κ1) is 15.0. The van der Waals surface area contributed by atoms with Crippen LogP contribution >= 0.6 is 0 Å². The van der Waals surface area contributed by atoms with E-state index in [1.807, 2.05) is 85.8 Å². The first-order chi connectivity index (χ1) is 19.3. The topological polar surface area (TPSA) is 3.88 Å². The monoisotopic (exact) mass is 447 g/mol. The highest BCUT2D eigenvalue weighted by Gasteiger charge is 2.17. The number of pyridine rings is 1. The molecule has 5 rings (SSSR count). The van der Waals surface area contributed by atoms with Crippen molar-refractivity contribution in [3.63, 3.8) is 0 Å². The lowest BCUT2D eigenvalue weighted by molar-refractivity contribution is -0.660. The number of aryl methyl sites for hydroxylation is 4. The molecule has 1 heteroatoms. The molecule has 0 aliphatic heterocycles. The molecule has 0 unspecified atom stereocenters. The fourth-order valence-corrected chi connectivity index (χ4v) is 4.36. The first-order valence-electron chi connectivity index (χ1n) is 14.8. The molecule has 0 bridgehead atoms. The van der Waals surface area contributed by atoms with Crippen LogP contribution in [0, 0.1) is 20.6 Å². The zero-order valence-corrected chi connectivity index (χ0v) is 19.3. The van der Waals surface area contributed by atoms with Gasteiger partial charge in [-0.2, -0.15) is 0 Å². The summed E-state index contributed by atoms with van der Waals surface area (Å²) in [5, 5.41) is 0. The summed E-state index contributed by atoms with van der Waals surface area (Å²) in [6.45, 7) is -3.14. The average Bonchev–Trinajstić information content (AvgIpc) is 2.93. The lowest BCUT2D eigenvalue weighted by Gasteiger charge is -2.13. The highest BCUT2D eigenvalue weighted by Crippen LogP contribution is 2.33. The summed E-state index contributed by atoms with van der Waals surface area (Å²) in [6.07, 6.45) is 1.53.